The van der Waals surface area contributed by atoms with Gasteiger partial charge in [-0.3, -0.25) is 0 Å². The predicted molar refractivity (Wildman–Crippen MR) is 59.6 cm³/mol. The average molecular weight is 211 g/mol. The molecule has 4 nitrogen and oxygen atoms in total. The minimum atomic E-state index is -0.126. The number of aryl methyl sites for hydroxylation is 1. The molecule has 1 rings (SSSR count). The third-order valence-electron chi connectivity index (χ3n) is 3.14. The maximum Gasteiger partial charge on any atom is 0.234 e. The van der Waals surface area contributed by atoms with E-state index in [-0.39, 0.29) is 5.41 Å². The van der Waals surface area contributed by atoms with Crippen LogP contribution in [0.15, 0.2) is 4.52 Å². The largest absolute Gasteiger partial charge is 0.339 e. The Morgan fingerprint density at radius 3 is 2.40 bits per heavy atom. The van der Waals surface area contributed by atoms with Crippen LogP contribution < -0.4 is 5.73 Å². The van der Waals surface area contributed by atoms with E-state index in [1.54, 1.807) is 0 Å². The van der Waals surface area contributed by atoms with Crippen LogP contribution in [-0.2, 0) is 11.8 Å². The van der Waals surface area contributed by atoms with Crippen molar-refractivity contribution in [2.24, 2.45) is 5.73 Å². The molecule has 2 N–H and O–H groups in total. The van der Waals surface area contributed by atoms with Crippen LogP contribution in [0.1, 0.15) is 51.7 Å². The topological polar surface area (TPSA) is 64.9 Å². The van der Waals surface area contributed by atoms with E-state index in [2.05, 4.69) is 30.9 Å². The van der Waals surface area contributed by atoms with Gasteiger partial charge in [0.1, 0.15) is 0 Å². The van der Waals surface area contributed by atoms with Crippen molar-refractivity contribution in [3.05, 3.63) is 11.7 Å². The van der Waals surface area contributed by atoms with Crippen molar-refractivity contribution in [1.29, 1.82) is 0 Å². The Labute approximate surface area is 91.2 Å². The number of nitrogens with two attached hydrogens (primary N) is 1. The molecule has 0 aliphatic rings. The standard InChI is InChI=1S/C11H21N3O/c1-4-7-9-13-10(15-14-9)11(5-2,6-3)8-12/h4-8,12H2,1-3H3. The molecule has 1 aromatic heterocycles. The SMILES string of the molecule is CCCc1noc(C(CC)(CC)CN)n1. The van der Waals surface area contributed by atoms with E-state index in [0.29, 0.717) is 12.4 Å². The van der Waals surface area contributed by atoms with Gasteiger partial charge in [-0.1, -0.05) is 25.9 Å². The molecule has 15 heavy (non-hydrogen) atoms. The van der Waals surface area contributed by atoms with E-state index in [1.165, 1.54) is 0 Å². The lowest BCUT2D eigenvalue weighted by Crippen LogP contribution is -2.34. The first-order valence-electron chi connectivity index (χ1n) is 5.75. The molecule has 0 spiro atoms. The highest BCUT2D eigenvalue weighted by Crippen LogP contribution is 2.29. The molecule has 0 fully saturated rings. The number of hydrogen-bond acceptors (Lipinski definition) is 4. The van der Waals surface area contributed by atoms with Crippen LogP contribution in [0.2, 0.25) is 0 Å². The second-order valence-corrected chi connectivity index (χ2v) is 3.96. The monoisotopic (exact) mass is 211 g/mol. The molecule has 0 atom stereocenters. The Balaban J connectivity index is 2.91. The molecular formula is C11H21N3O. The predicted octanol–water partition coefficient (Wildman–Crippen LogP) is 2.04. The number of nitrogens with zero attached hydrogens (tertiary/aromatic N) is 2. The summed E-state index contributed by atoms with van der Waals surface area (Å²) in [5, 5.41) is 3.97. The number of hydrogen-bond donors (Lipinski definition) is 1. The van der Waals surface area contributed by atoms with Crippen LogP contribution in [0, 0.1) is 0 Å². The summed E-state index contributed by atoms with van der Waals surface area (Å²) in [6.45, 7) is 6.89. The fourth-order valence-electron chi connectivity index (χ4n) is 1.72. The zero-order chi connectivity index (χ0) is 11.3. The minimum Gasteiger partial charge on any atom is -0.339 e. The van der Waals surface area contributed by atoms with Gasteiger partial charge in [-0.25, -0.2) is 0 Å². The number of rotatable bonds is 6. The van der Waals surface area contributed by atoms with Gasteiger partial charge in [0, 0.05) is 13.0 Å². The molecule has 0 bridgehead atoms. The van der Waals surface area contributed by atoms with Crippen LogP contribution in [0.3, 0.4) is 0 Å². The Morgan fingerprint density at radius 1 is 1.27 bits per heavy atom. The van der Waals surface area contributed by atoms with Gasteiger partial charge in [0.05, 0.1) is 5.41 Å². The van der Waals surface area contributed by atoms with Crippen LogP contribution in [0.25, 0.3) is 0 Å². The molecule has 0 saturated heterocycles. The highest BCUT2D eigenvalue weighted by Gasteiger charge is 2.33. The Hall–Kier alpha value is -0.900. The average Bonchev–Trinajstić information content (AvgIpc) is 2.71. The normalized spacial score (nSPS) is 12.0. The Morgan fingerprint density at radius 2 is 1.93 bits per heavy atom. The van der Waals surface area contributed by atoms with Crippen molar-refractivity contribution in [3.63, 3.8) is 0 Å². The van der Waals surface area contributed by atoms with Crippen molar-refractivity contribution in [2.75, 3.05) is 6.54 Å². The van der Waals surface area contributed by atoms with E-state index in [0.717, 1.165) is 31.5 Å². The third-order valence-corrected chi connectivity index (χ3v) is 3.14. The van der Waals surface area contributed by atoms with E-state index in [9.17, 15) is 0 Å². The van der Waals surface area contributed by atoms with Gasteiger partial charge in [0.15, 0.2) is 5.82 Å². The van der Waals surface area contributed by atoms with E-state index < -0.39 is 0 Å². The van der Waals surface area contributed by atoms with Crippen LogP contribution >= 0.6 is 0 Å². The fourth-order valence-corrected chi connectivity index (χ4v) is 1.72. The highest BCUT2D eigenvalue weighted by molar-refractivity contribution is 5.05. The quantitative estimate of drug-likeness (QED) is 0.782. The smallest absolute Gasteiger partial charge is 0.234 e. The Kier molecular flexibility index (Phi) is 4.27. The van der Waals surface area contributed by atoms with Gasteiger partial charge in [-0.05, 0) is 19.3 Å². The lowest BCUT2D eigenvalue weighted by Gasteiger charge is -2.24. The molecule has 4 heteroatoms. The second-order valence-electron chi connectivity index (χ2n) is 3.96. The minimum absolute atomic E-state index is 0.126. The molecule has 0 radical (unpaired) electrons. The maximum absolute atomic E-state index is 5.82. The molecule has 1 heterocycles. The first kappa shape index (κ1) is 12.2. The summed E-state index contributed by atoms with van der Waals surface area (Å²) >= 11 is 0. The Bertz CT molecular complexity index is 284. The molecule has 0 amide bonds. The lowest BCUT2D eigenvalue weighted by molar-refractivity contribution is 0.266. The van der Waals surface area contributed by atoms with Gasteiger partial charge in [-0.15, -0.1) is 0 Å². The molecule has 0 unspecified atom stereocenters. The maximum atomic E-state index is 5.82. The second kappa shape index (κ2) is 5.26. The van der Waals surface area contributed by atoms with Crippen molar-refractivity contribution in [3.8, 4) is 0 Å². The summed E-state index contributed by atoms with van der Waals surface area (Å²) in [4.78, 5) is 4.43. The molecular weight excluding hydrogens is 190 g/mol. The molecule has 0 aliphatic heterocycles. The molecule has 0 aliphatic carbocycles. The summed E-state index contributed by atoms with van der Waals surface area (Å²) in [5.41, 5.74) is 5.69. The van der Waals surface area contributed by atoms with Crippen molar-refractivity contribution in [1.82, 2.24) is 10.1 Å². The van der Waals surface area contributed by atoms with Gasteiger partial charge < -0.3 is 10.3 Å². The first-order valence-corrected chi connectivity index (χ1v) is 5.75. The molecule has 86 valence electrons. The molecule has 0 saturated carbocycles. The van der Waals surface area contributed by atoms with E-state index >= 15 is 0 Å². The highest BCUT2D eigenvalue weighted by atomic mass is 16.5. The first-order chi connectivity index (χ1) is 7.22. The van der Waals surface area contributed by atoms with Crippen molar-refractivity contribution in [2.45, 2.75) is 51.9 Å². The van der Waals surface area contributed by atoms with Gasteiger partial charge in [0.25, 0.3) is 0 Å². The van der Waals surface area contributed by atoms with Gasteiger partial charge >= 0.3 is 0 Å². The van der Waals surface area contributed by atoms with Crippen LogP contribution in [0.5, 0.6) is 0 Å². The lowest BCUT2D eigenvalue weighted by atomic mass is 9.82. The van der Waals surface area contributed by atoms with Crippen molar-refractivity contribution < 1.29 is 4.52 Å². The zero-order valence-corrected chi connectivity index (χ0v) is 9.92. The van der Waals surface area contributed by atoms with Gasteiger partial charge in [0.2, 0.25) is 5.89 Å². The summed E-state index contributed by atoms with van der Waals surface area (Å²) in [7, 11) is 0. The fraction of sp³-hybridized carbons (Fsp3) is 0.818. The third kappa shape index (κ3) is 2.37. The molecule has 0 aromatic carbocycles. The van der Waals surface area contributed by atoms with Crippen molar-refractivity contribution >= 4 is 0 Å². The van der Waals surface area contributed by atoms with Crippen LogP contribution in [-0.4, -0.2) is 16.7 Å². The van der Waals surface area contributed by atoms with Crippen LogP contribution in [0.4, 0.5) is 0 Å². The molecule has 1 aromatic rings. The summed E-state index contributed by atoms with van der Waals surface area (Å²) in [6.07, 6.45) is 3.78. The number of aromatic nitrogens is 2. The summed E-state index contributed by atoms with van der Waals surface area (Å²) in [6, 6.07) is 0. The van der Waals surface area contributed by atoms with E-state index in [4.69, 9.17) is 10.3 Å². The summed E-state index contributed by atoms with van der Waals surface area (Å²) < 4.78 is 5.31. The zero-order valence-electron chi connectivity index (χ0n) is 9.92. The summed E-state index contributed by atoms with van der Waals surface area (Å²) in [5.74, 6) is 1.51. The van der Waals surface area contributed by atoms with Gasteiger partial charge in [-0.2, -0.15) is 4.98 Å². The van der Waals surface area contributed by atoms with E-state index in [1.807, 2.05) is 0 Å².